The third kappa shape index (κ3) is 5.63. The first-order chi connectivity index (χ1) is 14.5. The lowest BCUT2D eigenvalue weighted by molar-refractivity contribution is -0.165. The summed E-state index contributed by atoms with van der Waals surface area (Å²) < 4.78 is 31.7. The van der Waals surface area contributed by atoms with Crippen molar-refractivity contribution in [3.05, 3.63) is 77.2 Å². The van der Waals surface area contributed by atoms with E-state index in [1.54, 1.807) is 24.3 Å². The fraction of sp³-hybridized carbons (Fsp3) is 0.400. The van der Waals surface area contributed by atoms with Crippen LogP contribution in [-0.4, -0.2) is 37.0 Å². The van der Waals surface area contributed by atoms with Crippen LogP contribution in [0, 0.1) is 6.92 Å². The zero-order chi connectivity index (χ0) is 22.7. The minimum absolute atomic E-state index is 0.210. The summed E-state index contributed by atoms with van der Waals surface area (Å²) >= 11 is 0. The lowest BCUT2D eigenvalue weighted by Gasteiger charge is -2.36. The zero-order valence-electron chi connectivity index (χ0n) is 18.7. The van der Waals surface area contributed by atoms with Crippen LogP contribution in [0.25, 0.3) is 0 Å². The van der Waals surface area contributed by atoms with E-state index in [0.717, 1.165) is 17.5 Å². The Kier molecular flexibility index (Phi) is 6.72. The Bertz CT molecular complexity index is 1040. The van der Waals surface area contributed by atoms with E-state index >= 15 is 0 Å². The molecule has 0 radical (unpaired) electrons. The van der Waals surface area contributed by atoms with E-state index in [1.165, 1.54) is 11.5 Å². The molecule has 0 bridgehead atoms. The Morgan fingerprint density at radius 3 is 2.35 bits per heavy atom. The van der Waals surface area contributed by atoms with Crippen molar-refractivity contribution < 1.29 is 17.9 Å². The Morgan fingerprint density at radius 2 is 1.74 bits per heavy atom. The first-order valence-electron chi connectivity index (χ1n) is 10.6. The average molecular weight is 442 g/mol. The van der Waals surface area contributed by atoms with Crippen molar-refractivity contribution in [2.75, 3.05) is 6.54 Å². The van der Waals surface area contributed by atoms with E-state index in [4.69, 9.17) is 4.74 Å². The van der Waals surface area contributed by atoms with Gasteiger partial charge in [-0.05, 0) is 70.9 Å². The van der Waals surface area contributed by atoms with Crippen molar-refractivity contribution in [1.29, 1.82) is 0 Å². The summed E-state index contributed by atoms with van der Waals surface area (Å²) in [7, 11) is -3.69. The molecule has 2 aromatic carbocycles. The number of aryl methyl sites for hydroxylation is 1. The molecule has 1 aliphatic heterocycles. The first-order valence-corrected chi connectivity index (χ1v) is 12.1. The van der Waals surface area contributed by atoms with E-state index in [2.05, 4.69) is 0 Å². The SMILES string of the molecule is Cc1ccc(S(=O)(=O)/C=C/[C@@]2(C(=O)OC(C)(C)C)CCCN2Cc2ccccc2)cc1. The van der Waals surface area contributed by atoms with Gasteiger partial charge in [0.15, 0.2) is 9.84 Å². The summed E-state index contributed by atoms with van der Waals surface area (Å²) in [5.74, 6) is -0.413. The topological polar surface area (TPSA) is 63.7 Å². The molecule has 166 valence electrons. The molecule has 0 amide bonds. The number of ether oxygens (including phenoxy) is 1. The van der Waals surface area contributed by atoms with Gasteiger partial charge in [-0.2, -0.15) is 0 Å². The van der Waals surface area contributed by atoms with Gasteiger partial charge in [0.05, 0.1) is 4.90 Å². The van der Waals surface area contributed by atoms with Crippen LogP contribution in [-0.2, 0) is 25.9 Å². The van der Waals surface area contributed by atoms with Crippen molar-refractivity contribution in [3.8, 4) is 0 Å². The second kappa shape index (κ2) is 8.97. The van der Waals surface area contributed by atoms with Crippen LogP contribution in [0.3, 0.4) is 0 Å². The van der Waals surface area contributed by atoms with Gasteiger partial charge >= 0.3 is 5.97 Å². The largest absolute Gasteiger partial charge is 0.458 e. The molecule has 2 aromatic rings. The predicted octanol–water partition coefficient (Wildman–Crippen LogP) is 4.66. The molecule has 1 fully saturated rings. The summed E-state index contributed by atoms with van der Waals surface area (Å²) in [6.07, 6.45) is 2.82. The van der Waals surface area contributed by atoms with Gasteiger partial charge in [0.1, 0.15) is 11.1 Å². The highest BCUT2D eigenvalue weighted by atomic mass is 32.2. The van der Waals surface area contributed by atoms with Crippen molar-refractivity contribution in [1.82, 2.24) is 4.90 Å². The van der Waals surface area contributed by atoms with Crippen LogP contribution >= 0.6 is 0 Å². The summed E-state index contributed by atoms with van der Waals surface area (Å²) in [4.78, 5) is 15.6. The fourth-order valence-electron chi connectivity index (χ4n) is 3.78. The molecule has 5 nitrogen and oxygen atoms in total. The van der Waals surface area contributed by atoms with Crippen LogP contribution in [0.1, 0.15) is 44.7 Å². The molecular weight excluding hydrogens is 410 g/mol. The molecule has 1 atom stereocenters. The van der Waals surface area contributed by atoms with Gasteiger partial charge in [0.25, 0.3) is 0 Å². The Balaban J connectivity index is 1.98. The molecule has 0 N–H and O–H groups in total. The number of nitrogens with zero attached hydrogens (tertiary/aromatic N) is 1. The van der Waals surface area contributed by atoms with Gasteiger partial charge in [-0.1, -0.05) is 48.0 Å². The van der Waals surface area contributed by atoms with Crippen LogP contribution in [0.2, 0.25) is 0 Å². The first kappa shape index (κ1) is 23.2. The maximum Gasteiger partial charge on any atom is 0.331 e. The minimum atomic E-state index is -3.69. The Hall–Kier alpha value is -2.44. The number of sulfone groups is 1. The number of rotatable bonds is 6. The molecule has 3 rings (SSSR count). The van der Waals surface area contributed by atoms with Crippen LogP contribution in [0.5, 0.6) is 0 Å². The van der Waals surface area contributed by atoms with Crippen LogP contribution < -0.4 is 0 Å². The standard InChI is InChI=1S/C25H31NO4S/c1-20-11-13-22(14-12-20)31(28,29)18-16-25(23(27)30-24(2,3)4)15-8-17-26(25)19-21-9-6-5-7-10-21/h5-7,9-14,16,18H,8,15,17,19H2,1-4H3/b18-16+/t25-/m1/s1. The average Bonchev–Trinajstić information content (AvgIpc) is 3.10. The van der Waals surface area contributed by atoms with Gasteiger partial charge in [-0.15, -0.1) is 0 Å². The fourth-order valence-corrected chi connectivity index (χ4v) is 4.86. The number of carbonyl (C=O) groups excluding carboxylic acids is 1. The quantitative estimate of drug-likeness (QED) is 0.610. The number of carbonyl (C=O) groups is 1. The third-order valence-corrected chi connectivity index (χ3v) is 6.81. The van der Waals surface area contributed by atoms with E-state index in [9.17, 15) is 13.2 Å². The predicted molar refractivity (Wildman–Crippen MR) is 122 cm³/mol. The molecule has 0 aliphatic carbocycles. The molecule has 0 aromatic heterocycles. The second-order valence-electron chi connectivity index (χ2n) is 9.10. The maximum atomic E-state index is 13.4. The number of esters is 1. The van der Waals surface area contributed by atoms with Crippen molar-refractivity contribution >= 4 is 15.8 Å². The molecule has 0 unspecified atom stereocenters. The number of hydrogen-bond donors (Lipinski definition) is 0. The molecule has 1 heterocycles. The summed E-state index contributed by atoms with van der Waals surface area (Å²) in [6, 6.07) is 16.6. The summed E-state index contributed by atoms with van der Waals surface area (Å²) in [5.41, 5.74) is 0.250. The van der Waals surface area contributed by atoms with Crippen molar-refractivity contribution in [2.24, 2.45) is 0 Å². The maximum absolute atomic E-state index is 13.4. The second-order valence-corrected chi connectivity index (χ2v) is 10.9. The highest BCUT2D eigenvalue weighted by Crippen LogP contribution is 2.35. The molecule has 31 heavy (non-hydrogen) atoms. The van der Waals surface area contributed by atoms with Crippen molar-refractivity contribution in [3.63, 3.8) is 0 Å². The number of benzene rings is 2. The highest BCUT2D eigenvalue weighted by Gasteiger charge is 2.48. The van der Waals surface area contributed by atoms with E-state index < -0.39 is 26.9 Å². The Morgan fingerprint density at radius 1 is 1.10 bits per heavy atom. The zero-order valence-corrected chi connectivity index (χ0v) is 19.5. The molecule has 6 heteroatoms. The van der Waals surface area contributed by atoms with Crippen LogP contribution in [0.15, 0.2) is 71.0 Å². The van der Waals surface area contributed by atoms with E-state index in [1.807, 2.05) is 62.9 Å². The molecular formula is C25H31NO4S. The minimum Gasteiger partial charge on any atom is -0.458 e. The van der Waals surface area contributed by atoms with E-state index in [0.29, 0.717) is 19.5 Å². The molecule has 0 spiro atoms. The smallest absolute Gasteiger partial charge is 0.331 e. The summed E-state index contributed by atoms with van der Waals surface area (Å²) in [5, 5.41) is 1.17. The lowest BCUT2D eigenvalue weighted by Crippen LogP contribution is -2.51. The van der Waals surface area contributed by atoms with Crippen molar-refractivity contribution in [2.45, 2.75) is 63.1 Å². The van der Waals surface area contributed by atoms with Gasteiger partial charge in [-0.25, -0.2) is 13.2 Å². The van der Waals surface area contributed by atoms with Gasteiger partial charge < -0.3 is 4.74 Å². The number of likely N-dealkylation sites (tertiary alicyclic amines) is 1. The monoisotopic (exact) mass is 441 g/mol. The van der Waals surface area contributed by atoms with Gasteiger partial charge in [0, 0.05) is 12.0 Å². The Labute approximate surface area is 185 Å². The molecule has 0 saturated carbocycles. The third-order valence-electron chi connectivity index (χ3n) is 5.39. The lowest BCUT2D eigenvalue weighted by atomic mass is 9.95. The molecule has 1 aliphatic rings. The number of hydrogen-bond acceptors (Lipinski definition) is 5. The molecule has 1 saturated heterocycles. The van der Waals surface area contributed by atoms with Gasteiger partial charge in [-0.3, -0.25) is 4.90 Å². The van der Waals surface area contributed by atoms with Gasteiger partial charge in [0.2, 0.25) is 0 Å². The van der Waals surface area contributed by atoms with Crippen LogP contribution in [0.4, 0.5) is 0 Å². The summed E-state index contributed by atoms with van der Waals surface area (Å²) in [6.45, 7) is 8.59. The highest BCUT2D eigenvalue weighted by molar-refractivity contribution is 7.94. The normalized spacial score (nSPS) is 20.3. The van der Waals surface area contributed by atoms with E-state index in [-0.39, 0.29) is 4.90 Å².